The highest BCUT2D eigenvalue weighted by atomic mass is 32.1. The molecule has 1 aromatic carbocycles. The maximum Gasteiger partial charge on any atom is 0.249 e. The maximum absolute atomic E-state index is 12.3. The predicted molar refractivity (Wildman–Crippen MR) is 111 cm³/mol. The van der Waals surface area contributed by atoms with Crippen molar-refractivity contribution in [3.63, 3.8) is 0 Å². The molecule has 0 saturated heterocycles. The first-order chi connectivity index (χ1) is 13.2. The lowest BCUT2D eigenvalue weighted by Gasteiger charge is -2.04. The van der Waals surface area contributed by atoms with Crippen LogP contribution in [0.15, 0.2) is 65.4 Å². The lowest BCUT2D eigenvalue weighted by atomic mass is 10.2. The molecule has 0 aliphatic carbocycles. The molecule has 134 valence electrons. The minimum absolute atomic E-state index is 0.213. The normalized spacial score (nSPS) is 11.1. The summed E-state index contributed by atoms with van der Waals surface area (Å²) in [5.74, 6) is 0.386. The van der Waals surface area contributed by atoms with Crippen molar-refractivity contribution < 1.29 is 4.79 Å². The second-order valence-corrected chi connectivity index (χ2v) is 7.59. The molecule has 7 heteroatoms. The maximum atomic E-state index is 12.3. The fourth-order valence-corrected chi connectivity index (χ4v) is 4.08. The number of nitrogens with one attached hydrogen (secondary N) is 1. The molecule has 4 aromatic rings. The topological polar surface area (TPSA) is 59.8 Å². The van der Waals surface area contributed by atoms with Crippen LogP contribution >= 0.6 is 22.7 Å². The fourth-order valence-electron chi connectivity index (χ4n) is 2.54. The van der Waals surface area contributed by atoms with Crippen molar-refractivity contribution in [2.45, 2.75) is 6.92 Å². The van der Waals surface area contributed by atoms with E-state index in [0.29, 0.717) is 10.9 Å². The Balaban J connectivity index is 1.55. The van der Waals surface area contributed by atoms with Gasteiger partial charge in [-0.05, 0) is 30.0 Å². The number of amides is 1. The Morgan fingerprint density at radius 1 is 1.15 bits per heavy atom. The summed E-state index contributed by atoms with van der Waals surface area (Å²) < 4.78 is 1.67. The molecule has 0 aliphatic rings. The third-order valence-corrected chi connectivity index (χ3v) is 5.46. The largest absolute Gasteiger partial charge is 0.307 e. The third kappa shape index (κ3) is 4.05. The first-order valence-electron chi connectivity index (χ1n) is 8.29. The van der Waals surface area contributed by atoms with E-state index in [0.717, 1.165) is 21.8 Å². The van der Waals surface area contributed by atoms with E-state index in [2.05, 4.69) is 15.4 Å². The van der Waals surface area contributed by atoms with Crippen molar-refractivity contribution in [1.29, 1.82) is 0 Å². The molecular weight excluding hydrogens is 376 g/mol. The fraction of sp³-hybridized carbons (Fsp3) is 0.0500. The summed E-state index contributed by atoms with van der Waals surface area (Å²) in [5, 5.41) is 12.1. The van der Waals surface area contributed by atoms with Crippen LogP contribution in [-0.4, -0.2) is 20.7 Å². The van der Waals surface area contributed by atoms with E-state index < -0.39 is 0 Å². The summed E-state index contributed by atoms with van der Waals surface area (Å²) in [6, 6.07) is 15.6. The van der Waals surface area contributed by atoms with Gasteiger partial charge in [-0.1, -0.05) is 36.4 Å². The van der Waals surface area contributed by atoms with E-state index >= 15 is 0 Å². The second-order valence-electron chi connectivity index (χ2n) is 5.81. The number of hydrogen-bond acceptors (Lipinski definition) is 5. The standard InChI is InChI=1S/C20H16N4OS2/c1-14-12-18(22-19(25)10-9-15-6-3-2-4-7-15)24(23-14)20-21-16(13-27-20)17-8-5-11-26-17/h2-13H,1H3,(H,22,25)/b10-9-. The SMILES string of the molecule is Cc1cc(NC(=O)/C=C\c2ccccc2)n(-c2nc(-c3cccs3)cs2)n1. The lowest BCUT2D eigenvalue weighted by molar-refractivity contribution is -0.111. The first kappa shape index (κ1) is 17.4. The Kier molecular flexibility index (Phi) is 4.95. The van der Waals surface area contributed by atoms with Gasteiger partial charge in [-0.2, -0.15) is 9.78 Å². The minimum atomic E-state index is -0.213. The highest BCUT2D eigenvalue weighted by molar-refractivity contribution is 7.15. The number of aromatic nitrogens is 3. The van der Waals surface area contributed by atoms with E-state index in [1.54, 1.807) is 22.1 Å². The molecule has 0 saturated carbocycles. The molecule has 1 N–H and O–H groups in total. The van der Waals surface area contributed by atoms with Gasteiger partial charge in [0.15, 0.2) is 0 Å². The Morgan fingerprint density at radius 3 is 2.78 bits per heavy atom. The van der Waals surface area contributed by atoms with E-state index in [-0.39, 0.29) is 5.91 Å². The molecule has 0 fully saturated rings. The van der Waals surface area contributed by atoms with E-state index in [4.69, 9.17) is 0 Å². The molecule has 0 unspecified atom stereocenters. The summed E-state index contributed by atoms with van der Waals surface area (Å²) in [6.45, 7) is 1.89. The zero-order valence-electron chi connectivity index (χ0n) is 14.5. The number of anilines is 1. The molecule has 0 aliphatic heterocycles. The van der Waals surface area contributed by atoms with Crippen LogP contribution in [0.5, 0.6) is 0 Å². The zero-order chi connectivity index (χ0) is 18.6. The number of thiophene rings is 1. The molecule has 5 nitrogen and oxygen atoms in total. The van der Waals surface area contributed by atoms with Gasteiger partial charge in [-0.25, -0.2) is 4.98 Å². The van der Waals surface area contributed by atoms with Crippen LogP contribution < -0.4 is 5.32 Å². The Labute approximate surface area is 164 Å². The van der Waals surface area contributed by atoms with Crippen molar-refractivity contribution in [2.75, 3.05) is 5.32 Å². The Bertz CT molecular complexity index is 1080. The van der Waals surface area contributed by atoms with Crippen molar-refractivity contribution >= 4 is 40.5 Å². The highest BCUT2D eigenvalue weighted by Crippen LogP contribution is 2.29. The molecule has 0 spiro atoms. The zero-order valence-corrected chi connectivity index (χ0v) is 16.1. The smallest absolute Gasteiger partial charge is 0.249 e. The van der Waals surface area contributed by atoms with E-state index in [1.807, 2.05) is 66.2 Å². The molecule has 0 bridgehead atoms. The van der Waals surface area contributed by atoms with Crippen molar-refractivity contribution in [2.24, 2.45) is 0 Å². The van der Waals surface area contributed by atoms with Gasteiger partial charge in [0.2, 0.25) is 11.0 Å². The van der Waals surface area contributed by atoms with Crippen LogP contribution in [0.25, 0.3) is 21.8 Å². The van der Waals surface area contributed by atoms with Gasteiger partial charge in [-0.15, -0.1) is 22.7 Å². The number of hydrogen-bond donors (Lipinski definition) is 1. The first-order valence-corrected chi connectivity index (χ1v) is 10.1. The summed E-state index contributed by atoms with van der Waals surface area (Å²) in [7, 11) is 0. The number of thiazole rings is 1. The van der Waals surface area contributed by atoms with Gasteiger partial charge in [-0.3, -0.25) is 4.79 Å². The molecule has 27 heavy (non-hydrogen) atoms. The van der Waals surface area contributed by atoms with Crippen LogP contribution in [0.2, 0.25) is 0 Å². The van der Waals surface area contributed by atoms with Gasteiger partial charge < -0.3 is 5.32 Å². The van der Waals surface area contributed by atoms with Crippen LogP contribution in [0.1, 0.15) is 11.3 Å². The summed E-state index contributed by atoms with van der Waals surface area (Å²) in [5.41, 5.74) is 2.70. The van der Waals surface area contributed by atoms with Crippen molar-refractivity contribution in [1.82, 2.24) is 14.8 Å². The van der Waals surface area contributed by atoms with E-state index in [1.165, 1.54) is 17.4 Å². The number of rotatable bonds is 5. The van der Waals surface area contributed by atoms with Gasteiger partial charge in [0.05, 0.1) is 16.3 Å². The Hall–Kier alpha value is -3.03. The third-order valence-electron chi connectivity index (χ3n) is 3.76. The highest BCUT2D eigenvalue weighted by Gasteiger charge is 2.14. The summed E-state index contributed by atoms with van der Waals surface area (Å²) in [6.07, 6.45) is 3.29. The van der Waals surface area contributed by atoms with Gasteiger partial charge >= 0.3 is 0 Å². The van der Waals surface area contributed by atoms with E-state index in [9.17, 15) is 4.79 Å². The van der Waals surface area contributed by atoms with Gasteiger partial charge in [0.1, 0.15) is 5.82 Å². The lowest BCUT2D eigenvalue weighted by Crippen LogP contribution is -2.12. The molecule has 3 heterocycles. The molecule has 4 rings (SSSR count). The van der Waals surface area contributed by atoms with Crippen LogP contribution in [-0.2, 0) is 4.79 Å². The average Bonchev–Trinajstić information content (AvgIpc) is 3.41. The van der Waals surface area contributed by atoms with Crippen LogP contribution in [0.3, 0.4) is 0 Å². The average molecular weight is 393 g/mol. The Morgan fingerprint density at radius 2 is 2.00 bits per heavy atom. The predicted octanol–water partition coefficient (Wildman–Crippen LogP) is 5.02. The van der Waals surface area contributed by atoms with Crippen molar-refractivity contribution in [3.8, 4) is 15.7 Å². The minimum Gasteiger partial charge on any atom is -0.307 e. The molecule has 0 radical (unpaired) electrons. The molecular formula is C20H16N4OS2. The summed E-state index contributed by atoms with van der Waals surface area (Å²) in [4.78, 5) is 18.1. The van der Waals surface area contributed by atoms with Gasteiger partial charge in [0.25, 0.3) is 0 Å². The molecule has 1 amide bonds. The number of benzene rings is 1. The molecule has 3 aromatic heterocycles. The summed E-state index contributed by atoms with van der Waals surface area (Å²) >= 11 is 3.14. The van der Waals surface area contributed by atoms with Crippen LogP contribution in [0, 0.1) is 6.92 Å². The van der Waals surface area contributed by atoms with Crippen LogP contribution in [0.4, 0.5) is 5.82 Å². The number of aryl methyl sites for hydroxylation is 1. The monoisotopic (exact) mass is 392 g/mol. The van der Waals surface area contributed by atoms with Crippen molar-refractivity contribution in [3.05, 3.63) is 76.6 Å². The van der Waals surface area contributed by atoms with Gasteiger partial charge in [0, 0.05) is 17.5 Å². The number of carbonyl (C=O) groups excluding carboxylic acids is 1. The number of carbonyl (C=O) groups is 1. The second kappa shape index (κ2) is 7.69. The quantitative estimate of drug-likeness (QED) is 0.485. The molecule has 0 atom stereocenters. The number of nitrogens with zero attached hydrogens (tertiary/aromatic N) is 3.